The lowest BCUT2D eigenvalue weighted by molar-refractivity contribution is 0.0953. The van der Waals surface area contributed by atoms with Gasteiger partial charge in [0.25, 0.3) is 11.5 Å². The van der Waals surface area contributed by atoms with Crippen molar-refractivity contribution >= 4 is 45.0 Å². The van der Waals surface area contributed by atoms with Crippen molar-refractivity contribution in [3.8, 4) is 0 Å². The Hall–Kier alpha value is -2.05. The average molecular weight is 375 g/mol. The first-order chi connectivity index (χ1) is 10.5. The molecule has 0 saturated heterocycles. The molecule has 0 fully saturated rings. The Bertz CT molecular complexity index is 1020. The molecule has 110 valence electrons. The van der Waals surface area contributed by atoms with Crippen LogP contribution in [0.1, 0.15) is 15.9 Å². The van der Waals surface area contributed by atoms with Crippen LogP contribution in [0.25, 0.3) is 10.9 Å². The summed E-state index contributed by atoms with van der Waals surface area (Å²) in [6.07, 6.45) is 0. The van der Waals surface area contributed by atoms with Crippen molar-refractivity contribution in [1.29, 1.82) is 0 Å². The van der Waals surface area contributed by atoms with E-state index in [1.54, 1.807) is 36.4 Å². The Morgan fingerprint density at radius 3 is 2.73 bits per heavy atom. The molecular weight excluding hydrogens is 364 g/mol. The van der Waals surface area contributed by atoms with Crippen LogP contribution >= 0.6 is 28.1 Å². The van der Waals surface area contributed by atoms with Crippen molar-refractivity contribution < 1.29 is 4.79 Å². The fourth-order valence-electron chi connectivity index (χ4n) is 2.28. The van der Waals surface area contributed by atoms with Gasteiger partial charge in [0.2, 0.25) is 0 Å². The number of aromatic amines is 1. The molecule has 0 unspecified atom stereocenters. The number of hydrogen-bond donors (Lipinski definition) is 1. The normalized spacial score (nSPS) is 10.8. The van der Waals surface area contributed by atoms with Crippen molar-refractivity contribution in [2.75, 3.05) is 0 Å². The van der Waals surface area contributed by atoms with E-state index in [0.717, 1.165) is 14.6 Å². The lowest BCUT2D eigenvalue weighted by Crippen LogP contribution is -2.29. The Balaban J connectivity index is 2.29. The number of halogens is 1. The minimum absolute atomic E-state index is 0.0892. The van der Waals surface area contributed by atoms with E-state index in [1.807, 2.05) is 13.0 Å². The van der Waals surface area contributed by atoms with Gasteiger partial charge in [-0.1, -0.05) is 33.6 Å². The summed E-state index contributed by atoms with van der Waals surface area (Å²) in [7, 11) is 0. The molecule has 0 amide bonds. The number of benzene rings is 2. The number of carbonyl (C=O) groups excluding carboxylic acids is 1. The fourth-order valence-corrected chi connectivity index (χ4v) is 2.91. The number of aryl methyl sites for hydroxylation is 1. The minimum Gasteiger partial charge on any atom is -0.331 e. The Morgan fingerprint density at radius 1 is 1.23 bits per heavy atom. The summed E-state index contributed by atoms with van der Waals surface area (Å²) in [5.41, 5.74) is 1.55. The van der Waals surface area contributed by atoms with E-state index in [-0.39, 0.29) is 4.77 Å². The first kappa shape index (κ1) is 14.9. The second kappa shape index (κ2) is 5.62. The second-order valence-corrected chi connectivity index (χ2v) is 6.24. The van der Waals surface area contributed by atoms with Gasteiger partial charge in [0.1, 0.15) is 0 Å². The van der Waals surface area contributed by atoms with Crippen LogP contribution in [-0.4, -0.2) is 15.5 Å². The first-order valence-corrected chi connectivity index (χ1v) is 7.73. The molecule has 0 aliphatic rings. The van der Waals surface area contributed by atoms with E-state index < -0.39 is 11.5 Å². The highest BCUT2D eigenvalue weighted by Crippen LogP contribution is 2.15. The molecule has 4 nitrogen and oxygen atoms in total. The molecule has 0 aliphatic heterocycles. The van der Waals surface area contributed by atoms with Crippen LogP contribution in [0.3, 0.4) is 0 Å². The van der Waals surface area contributed by atoms with Crippen LogP contribution in [0.2, 0.25) is 0 Å². The van der Waals surface area contributed by atoms with E-state index in [4.69, 9.17) is 12.2 Å². The third-order valence-corrected chi connectivity index (χ3v) is 4.11. The van der Waals surface area contributed by atoms with E-state index in [0.29, 0.717) is 16.5 Å². The molecule has 3 aromatic rings. The van der Waals surface area contributed by atoms with E-state index in [1.165, 1.54) is 0 Å². The van der Waals surface area contributed by atoms with Crippen LogP contribution in [-0.2, 0) is 0 Å². The molecule has 6 heteroatoms. The zero-order valence-corrected chi connectivity index (χ0v) is 14.0. The number of aromatic nitrogens is 2. The molecular formula is C16H11BrN2O2S. The Morgan fingerprint density at radius 2 is 2.00 bits per heavy atom. The molecule has 1 aromatic heterocycles. The quantitative estimate of drug-likeness (QED) is 0.658. The van der Waals surface area contributed by atoms with Gasteiger partial charge in [0.15, 0.2) is 4.77 Å². The number of rotatable bonds is 1. The van der Waals surface area contributed by atoms with Gasteiger partial charge < -0.3 is 4.98 Å². The Labute approximate surface area is 139 Å². The molecule has 2 aromatic carbocycles. The lowest BCUT2D eigenvalue weighted by atomic mass is 10.1. The topological polar surface area (TPSA) is 54.9 Å². The maximum Gasteiger partial charge on any atom is 0.269 e. The molecule has 0 saturated carbocycles. The Kier molecular flexibility index (Phi) is 3.80. The SMILES string of the molecule is Cc1cccc(C(=O)n2c(=S)[nH]c3ccc(Br)cc3c2=O)c1. The van der Waals surface area contributed by atoms with Crippen LogP contribution in [0.4, 0.5) is 0 Å². The van der Waals surface area contributed by atoms with Crippen LogP contribution < -0.4 is 5.56 Å². The summed E-state index contributed by atoms with van der Waals surface area (Å²) in [5, 5.41) is 0.406. The maximum absolute atomic E-state index is 12.6. The van der Waals surface area contributed by atoms with Crippen molar-refractivity contribution in [1.82, 2.24) is 9.55 Å². The standard InChI is InChI=1S/C16H11BrN2O2S/c1-9-3-2-4-10(7-9)14(20)19-15(21)12-8-11(17)5-6-13(12)18-16(19)22/h2-8H,1H3,(H,18,22). The predicted octanol–water partition coefficient (Wildman–Crippen LogP) is 3.82. The fraction of sp³-hybridized carbons (Fsp3) is 0.0625. The van der Waals surface area contributed by atoms with Crippen molar-refractivity contribution in [3.63, 3.8) is 0 Å². The van der Waals surface area contributed by atoms with Crippen LogP contribution in [0.15, 0.2) is 51.7 Å². The maximum atomic E-state index is 12.6. The van der Waals surface area contributed by atoms with Crippen molar-refractivity contribution in [2.45, 2.75) is 6.92 Å². The number of nitrogens with one attached hydrogen (secondary N) is 1. The number of fused-ring (bicyclic) bond motifs is 1. The third kappa shape index (κ3) is 2.55. The third-order valence-electron chi connectivity index (χ3n) is 3.33. The van der Waals surface area contributed by atoms with E-state index >= 15 is 0 Å². The highest BCUT2D eigenvalue weighted by molar-refractivity contribution is 9.10. The van der Waals surface area contributed by atoms with E-state index in [9.17, 15) is 9.59 Å². The number of carbonyl (C=O) groups is 1. The smallest absolute Gasteiger partial charge is 0.269 e. The molecule has 3 rings (SSSR count). The molecule has 1 N–H and O–H groups in total. The number of H-pyrrole nitrogens is 1. The summed E-state index contributed by atoms with van der Waals surface area (Å²) in [4.78, 5) is 28.2. The second-order valence-electron chi connectivity index (χ2n) is 4.94. The predicted molar refractivity (Wildman–Crippen MR) is 92.0 cm³/mol. The molecule has 1 heterocycles. The zero-order chi connectivity index (χ0) is 15.9. The lowest BCUT2D eigenvalue weighted by Gasteiger charge is -2.07. The highest BCUT2D eigenvalue weighted by atomic mass is 79.9. The van der Waals surface area contributed by atoms with Crippen molar-refractivity contribution in [3.05, 3.63) is 73.2 Å². The zero-order valence-electron chi connectivity index (χ0n) is 11.6. The van der Waals surface area contributed by atoms with Gasteiger partial charge in [-0.05, 0) is 49.5 Å². The molecule has 0 atom stereocenters. The van der Waals surface area contributed by atoms with Crippen molar-refractivity contribution in [2.24, 2.45) is 0 Å². The summed E-state index contributed by atoms with van der Waals surface area (Å²) in [5.74, 6) is -0.433. The minimum atomic E-state index is -0.433. The average Bonchev–Trinajstić information content (AvgIpc) is 2.48. The van der Waals surface area contributed by atoms with Gasteiger partial charge in [0.05, 0.1) is 10.9 Å². The van der Waals surface area contributed by atoms with Gasteiger partial charge in [0, 0.05) is 10.0 Å². The summed E-state index contributed by atoms with van der Waals surface area (Å²) in [6, 6.07) is 12.3. The number of nitrogens with zero attached hydrogens (tertiary/aromatic N) is 1. The molecule has 0 radical (unpaired) electrons. The monoisotopic (exact) mass is 374 g/mol. The van der Waals surface area contributed by atoms with Gasteiger partial charge in [-0.15, -0.1) is 0 Å². The summed E-state index contributed by atoms with van der Waals surface area (Å²) < 4.78 is 1.85. The largest absolute Gasteiger partial charge is 0.331 e. The van der Waals surface area contributed by atoms with Gasteiger partial charge in [-0.25, -0.2) is 4.57 Å². The summed E-state index contributed by atoms with van der Waals surface area (Å²) in [6.45, 7) is 1.89. The van der Waals surface area contributed by atoms with E-state index in [2.05, 4.69) is 20.9 Å². The molecule has 0 bridgehead atoms. The summed E-state index contributed by atoms with van der Waals surface area (Å²) >= 11 is 8.51. The van der Waals surface area contributed by atoms with Gasteiger partial charge in [-0.2, -0.15) is 0 Å². The molecule has 0 spiro atoms. The first-order valence-electron chi connectivity index (χ1n) is 6.53. The van der Waals surface area contributed by atoms with Gasteiger partial charge >= 0.3 is 0 Å². The van der Waals surface area contributed by atoms with Gasteiger partial charge in [-0.3, -0.25) is 9.59 Å². The van der Waals surface area contributed by atoms with Crippen LogP contribution in [0, 0.1) is 11.7 Å². The number of hydrogen-bond acceptors (Lipinski definition) is 3. The molecule has 0 aliphatic carbocycles. The highest BCUT2D eigenvalue weighted by Gasteiger charge is 2.15. The van der Waals surface area contributed by atoms with Crippen LogP contribution in [0.5, 0.6) is 0 Å². The molecule has 22 heavy (non-hydrogen) atoms.